The quantitative estimate of drug-likeness (QED) is 0.534. The van der Waals surface area contributed by atoms with Crippen molar-refractivity contribution in [3.63, 3.8) is 0 Å². The minimum atomic E-state index is -4.14. The normalized spacial score (nSPS) is 26.7. The van der Waals surface area contributed by atoms with Crippen molar-refractivity contribution in [2.75, 3.05) is 0 Å². The molecule has 0 amide bonds. The largest absolute Gasteiger partial charge is 0.396 e. The van der Waals surface area contributed by atoms with E-state index < -0.39 is 12.1 Å². The topological polar surface area (TPSA) is 0 Å². The van der Waals surface area contributed by atoms with Gasteiger partial charge in [0.15, 0.2) is 0 Å². The molecule has 0 saturated heterocycles. The van der Waals surface area contributed by atoms with Crippen molar-refractivity contribution in [1.82, 2.24) is 0 Å². The average Bonchev–Trinajstić information content (AvgIpc) is 1.79. The van der Waals surface area contributed by atoms with Crippen LogP contribution in [0.1, 0.15) is 6.42 Å². The molecule has 1 aliphatic carbocycles. The minimum Gasteiger partial charge on any atom is -0.170 e. The Bertz CT molecular complexity index is 182. The van der Waals surface area contributed by atoms with E-state index in [0.717, 1.165) is 0 Å². The van der Waals surface area contributed by atoms with Crippen molar-refractivity contribution in [1.29, 1.82) is 0 Å². The van der Waals surface area contributed by atoms with Gasteiger partial charge in [0.1, 0.15) is 0 Å². The second-order valence-electron chi connectivity index (χ2n) is 2.13. The molecule has 1 rings (SSSR count). The number of hydrogen-bond donors (Lipinski definition) is 2. The zero-order valence-electron chi connectivity index (χ0n) is 4.81. The molecule has 0 fully saturated rings. The highest BCUT2D eigenvalue weighted by molar-refractivity contribution is 7.88. The molecule has 1 atom stereocenters. The molecule has 0 aliphatic heterocycles. The molecule has 0 heterocycles. The van der Waals surface area contributed by atoms with Crippen molar-refractivity contribution in [3.05, 3.63) is 9.81 Å². The van der Waals surface area contributed by atoms with Crippen molar-refractivity contribution < 1.29 is 13.2 Å². The van der Waals surface area contributed by atoms with E-state index in [4.69, 9.17) is 0 Å². The fourth-order valence-electron chi connectivity index (χ4n) is 0.735. The van der Waals surface area contributed by atoms with E-state index in [0.29, 0.717) is 4.91 Å². The van der Waals surface area contributed by atoms with Gasteiger partial charge in [-0.25, -0.2) is 0 Å². The Morgan fingerprint density at radius 1 is 1.30 bits per heavy atom. The van der Waals surface area contributed by atoms with Crippen LogP contribution in [0.4, 0.5) is 13.2 Å². The summed E-state index contributed by atoms with van der Waals surface area (Å²) < 4.78 is 35.4. The van der Waals surface area contributed by atoms with Crippen LogP contribution in [-0.2, 0) is 0 Å². The van der Waals surface area contributed by atoms with E-state index in [1.807, 2.05) is 0 Å². The van der Waals surface area contributed by atoms with Gasteiger partial charge >= 0.3 is 6.18 Å². The van der Waals surface area contributed by atoms with Crippen molar-refractivity contribution in [2.24, 2.45) is 5.92 Å². The first kappa shape index (κ1) is 8.33. The monoisotopic (exact) mass is 186 g/mol. The van der Waals surface area contributed by atoms with Crippen LogP contribution in [-0.4, -0.2) is 6.18 Å². The smallest absolute Gasteiger partial charge is 0.170 e. The number of hydrogen-bond acceptors (Lipinski definition) is 2. The molecule has 0 aromatic carbocycles. The third-order valence-electron chi connectivity index (χ3n) is 1.42. The summed E-state index contributed by atoms with van der Waals surface area (Å²) in [6.07, 6.45) is -4.14. The van der Waals surface area contributed by atoms with Crippen LogP contribution in [0.15, 0.2) is 9.81 Å². The van der Waals surface area contributed by atoms with E-state index in [9.17, 15) is 13.2 Å². The molecule has 58 valence electrons. The predicted molar refractivity (Wildman–Crippen MR) is 39.2 cm³/mol. The van der Waals surface area contributed by atoms with E-state index in [1.54, 1.807) is 0 Å². The number of alkyl halides is 3. The molecule has 0 N–H and O–H groups in total. The molecule has 0 aromatic heterocycles. The van der Waals surface area contributed by atoms with Crippen LogP contribution in [0, 0.1) is 5.92 Å². The molecule has 5 heteroatoms. The van der Waals surface area contributed by atoms with E-state index in [2.05, 4.69) is 25.3 Å². The lowest BCUT2D eigenvalue weighted by Crippen LogP contribution is -2.29. The van der Waals surface area contributed by atoms with Crippen LogP contribution in [0.3, 0.4) is 0 Å². The van der Waals surface area contributed by atoms with Crippen LogP contribution in [0.5, 0.6) is 0 Å². The van der Waals surface area contributed by atoms with Crippen molar-refractivity contribution in [3.8, 4) is 0 Å². The zero-order valence-corrected chi connectivity index (χ0v) is 6.60. The highest BCUT2D eigenvalue weighted by Crippen LogP contribution is 2.48. The lowest BCUT2D eigenvalue weighted by molar-refractivity contribution is -0.165. The van der Waals surface area contributed by atoms with Crippen molar-refractivity contribution in [2.45, 2.75) is 12.6 Å². The molecule has 0 radical (unpaired) electrons. The second kappa shape index (κ2) is 2.37. The lowest BCUT2D eigenvalue weighted by Gasteiger charge is -2.29. The molecule has 0 spiro atoms. The van der Waals surface area contributed by atoms with Crippen LogP contribution < -0.4 is 0 Å². The Morgan fingerprint density at radius 3 is 1.90 bits per heavy atom. The van der Waals surface area contributed by atoms with Crippen LogP contribution in [0.2, 0.25) is 0 Å². The number of thiol groups is 2. The van der Waals surface area contributed by atoms with E-state index >= 15 is 0 Å². The number of allylic oxidation sites excluding steroid dienone is 2. The van der Waals surface area contributed by atoms with Gasteiger partial charge in [0, 0.05) is 4.91 Å². The van der Waals surface area contributed by atoms with Gasteiger partial charge in [0.05, 0.1) is 5.92 Å². The molecular formula is C5H5F3S2. The Kier molecular flexibility index (Phi) is 1.98. The number of halogens is 3. The molecule has 0 saturated carbocycles. The second-order valence-corrected chi connectivity index (χ2v) is 3.15. The zero-order chi connectivity index (χ0) is 7.94. The van der Waals surface area contributed by atoms with Gasteiger partial charge in [-0.1, -0.05) is 0 Å². The summed E-state index contributed by atoms with van der Waals surface area (Å²) in [7, 11) is 0. The highest BCUT2D eigenvalue weighted by atomic mass is 32.1. The molecule has 0 aromatic rings. The summed E-state index contributed by atoms with van der Waals surface area (Å²) in [4.78, 5) is 0.515. The fourth-order valence-corrected chi connectivity index (χ4v) is 1.40. The van der Waals surface area contributed by atoms with Gasteiger partial charge in [-0.15, -0.1) is 25.3 Å². The Hall–Kier alpha value is 0.230. The first-order valence-electron chi connectivity index (χ1n) is 2.60. The summed E-state index contributed by atoms with van der Waals surface area (Å²) in [5, 5.41) is 0. The van der Waals surface area contributed by atoms with E-state index in [1.165, 1.54) is 0 Å². The average molecular weight is 186 g/mol. The third kappa shape index (κ3) is 1.29. The minimum absolute atomic E-state index is 0.00849. The molecule has 1 unspecified atom stereocenters. The summed E-state index contributed by atoms with van der Waals surface area (Å²) >= 11 is 7.43. The van der Waals surface area contributed by atoms with Crippen LogP contribution in [0.25, 0.3) is 0 Å². The maximum Gasteiger partial charge on any atom is 0.396 e. The van der Waals surface area contributed by atoms with Gasteiger partial charge in [-0.3, -0.25) is 0 Å². The van der Waals surface area contributed by atoms with Gasteiger partial charge in [0.25, 0.3) is 0 Å². The molecule has 0 nitrogen and oxygen atoms in total. The molecular weight excluding hydrogens is 181 g/mol. The van der Waals surface area contributed by atoms with Gasteiger partial charge in [-0.05, 0) is 11.3 Å². The lowest BCUT2D eigenvalue weighted by atomic mass is 9.94. The molecule has 10 heavy (non-hydrogen) atoms. The van der Waals surface area contributed by atoms with E-state index in [-0.39, 0.29) is 11.3 Å². The highest BCUT2D eigenvalue weighted by Gasteiger charge is 2.46. The molecule has 0 bridgehead atoms. The standard InChI is InChI=1S/C5H5F3S2/c6-5(7,8)2-1-3(9)4(2)10/h2,9-10H,1H2. The Labute approximate surface area is 67.3 Å². The first-order valence-corrected chi connectivity index (χ1v) is 3.50. The summed E-state index contributed by atoms with van der Waals surface area (Å²) in [5.41, 5.74) is 0. The molecule has 1 aliphatic rings. The maximum absolute atomic E-state index is 11.8. The third-order valence-corrected chi connectivity index (χ3v) is 2.60. The Morgan fingerprint density at radius 2 is 1.80 bits per heavy atom. The fraction of sp³-hybridized carbons (Fsp3) is 0.600. The van der Waals surface area contributed by atoms with Crippen molar-refractivity contribution >= 4 is 25.3 Å². The van der Waals surface area contributed by atoms with Gasteiger partial charge in [0.2, 0.25) is 0 Å². The number of rotatable bonds is 0. The predicted octanol–water partition coefficient (Wildman–Crippen LogP) is 2.64. The first-order chi connectivity index (χ1) is 4.43. The Balaban J connectivity index is 2.68. The summed E-state index contributed by atoms with van der Waals surface area (Å²) in [6, 6.07) is 0. The summed E-state index contributed by atoms with van der Waals surface area (Å²) in [5.74, 6) is -1.36. The van der Waals surface area contributed by atoms with Crippen LogP contribution >= 0.6 is 25.3 Å². The van der Waals surface area contributed by atoms with Gasteiger partial charge in [-0.2, -0.15) is 13.2 Å². The maximum atomic E-state index is 11.8. The van der Waals surface area contributed by atoms with Gasteiger partial charge < -0.3 is 0 Å². The SMILES string of the molecule is FC(F)(F)C1CC(S)=C1S. The summed E-state index contributed by atoms with van der Waals surface area (Å²) in [6.45, 7) is 0.